The second-order valence-electron chi connectivity index (χ2n) is 8.37. The number of carbonyl (C=O) groups excluding carboxylic acids is 3. The number of aromatic amines is 1. The molecule has 3 amide bonds. The normalized spacial score (nSPS) is 14.8. The molecule has 1 aliphatic rings. The summed E-state index contributed by atoms with van der Waals surface area (Å²) in [7, 11) is 0. The van der Waals surface area contributed by atoms with E-state index >= 15 is 0 Å². The Morgan fingerprint density at radius 2 is 1.70 bits per heavy atom. The summed E-state index contributed by atoms with van der Waals surface area (Å²) in [6, 6.07) is 9.54. The molecule has 0 spiro atoms. The van der Waals surface area contributed by atoms with Crippen LogP contribution in [-0.4, -0.2) is 64.7 Å². The number of imidazole rings is 1. The summed E-state index contributed by atoms with van der Waals surface area (Å²) < 4.78 is 39.7. The van der Waals surface area contributed by atoms with E-state index in [-0.39, 0.29) is 54.6 Å². The van der Waals surface area contributed by atoms with Gasteiger partial charge in [0.05, 0.1) is 23.5 Å². The number of rotatable bonds is 8. The van der Waals surface area contributed by atoms with Crippen LogP contribution in [0.1, 0.15) is 37.8 Å². The molecule has 1 aliphatic heterocycles. The molecule has 0 aliphatic carbocycles. The second kappa shape index (κ2) is 11.0. The summed E-state index contributed by atoms with van der Waals surface area (Å²) in [5.41, 5.74) is 0.659. The molecule has 0 saturated carbocycles. The zero-order valence-corrected chi connectivity index (χ0v) is 20.0. The number of alkyl halides is 2. The van der Waals surface area contributed by atoms with Gasteiger partial charge in [0, 0.05) is 37.4 Å². The number of anilines is 2. The number of benzene rings is 2. The molecule has 13 heteroatoms. The summed E-state index contributed by atoms with van der Waals surface area (Å²) in [4.78, 5) is 45.6. The first-order valence-corrected chi connectivity index (χ1v) is 11.6. The SMILES string of the molecule is O=C(Nc1ccc(NC(=O)c2nc[nH]c2C(=O)NCCN2CCC(F)(F)C2)cc1)c1ccc(F)cc1Cl. The molecule has 3 aromatic rings. The minimum absolute atomic E-state index is 0.0298. The van der Waals surface area contributed by atoms with Crippen molar-refractivity contribution in [3.63, 3.8) is 0 Å². The lowest BCUT2D eigenvalue weighted by Gasteiger charge is -2.15. The summed E-state index contributed by atoms with van der Waals surface area (Å²) in [5, 5.41) is 7.80. The first kappa shape index (κ1) is 26.2. The Bertz CT molecular complexity index is 1320. The van der Waals surface area contributed by atoms with E-state index in [1.54, 1.807) is 4.90 Å². The van der Waals surface area contributed by atoms with Crippen molar-refractivity contribution in [2.24, 2.45) is 0 Å². The number of halogens is 4. The topological polar surface area (TPSA) is 119 Å². The lowest BCUT2D eigenvalue weighted by molar-refractivity contribution is 0.0124. The maximum absolute atomic E-state index is 13.3. The van der Waals surface area contributed by atoms with Gasteiger partial charge >= 0.3 is 0 Å². The Balaban J connectivity index is 1.31. The summed E-state index contributed by atoms with van der Waals surface area (Å²) in [6.07, 6.45) is 0.992. The molecule has 0 radical (unpaired) electrons. The summed E-state index contributed by atoms with van der Waals surface area (Å²) >= 11 is 5.91. The van der Waals surface area contributed by atoms with Gasteiger partial charge in [0.1, 0.15) is 11.5 Å². The maximum atomic E-state index is 13.3. The first-order valence-electron chi connectivity index (χ1n) is 11.2. The highest BCUT2D eigenvalue weighted by Crippen LogP contribution is 2.26. The van der Waals surface area contributed by atoms with Crippen LogP contribution in [-0.2, 0) is 0 Å². The van der Waals surface area contributed by atoms with Crippen molar-refractivity contribution in [2.75, 3.05) is 36.8 Å². The lowest BCUT2D eigenvalue weighted by atomic mass is 10.2. The molecule has 2 aromatic carbocycles. The van der Waals surface area contributed by atoms with Crippen molar-refractivity contribution < 1.29 is 27.6 Å². The molecule has 0 unspecified atom stereocenters. The summed E-state index contributed by atoms with van der Waals surface area (Å²) in [6.45, 7) is 0.296. The second-order valence-corrected chi connectivity index (χ2v) is 8.78. The van der Waals surface area contributed by atoms with Crippen LogP contribution in [0.3, 0.4) is 0 Å². The molecule has 2 heterocycles. The first-order chi connectivity index (χ1) is 17.6. The lowest BCUT2D eigenvalue weighted by Crippen LogP contribution is -2.35. The van der Waals surface area contributed by atoms with Crippen molar-refractivity contribution in [3.8, 4) is 0 Å². The molecule has 1 aromatic heterocycles. The smallest absolute Gasteiger partial charge is 0.276 e. The summed E-state index contributed by atoms with van der Waals surface area (Å²) in [5.74, 6) is -5.05. The average Bonchev–Trinajstić information content (AvgIpc) is 3.46. The average molecular weight is 535 g/mol. The number of hydrogen-bond acceptors (Lipinski definition) is 5. The molecular formula is C24H22ClF3N6O3. The van der Waals surface area contributed by atoms with Crippen LogP contribution in [0.5, 0.6) is 0 Å². The number of amides is 3. The highest BCUT2D eigenvalue weighted by Gasteiger charge is 2.37. The predicted molar refractivity (Wildman–Crippen MR) is 131 cm³/mol. The molecule has 0 atom stereocenters. The number of H-pyrrole nitrogens is 1. The van der Waals surface area contributed by atoms with Crippen LogP contribution >= 0.6 is 11.6 Å². The third-order valence-electron chi connectivity index (χ3n) is 5.62. The van der Waals surface area contributed by atoms with Crippen molar-refractivity contribution >= 4 is 40.7 Å². The third kappa shape index (κ3) is 6.66. The number of hydrogen-bond donors (Lipinski definition) is 4. The predicted octanol–water partition coefficient (Wildman–Crippen LogP) is 3.78. The van der Waals surface area contributed by atoms with Gasteiger partial charge in [-0.1, -0.05) is 11.6 Å². The van der Waals surface area contributed by atoms with Gasteiger partial charge in [0.25, 0.3) is 23.6 Å². The Morgan fingerprint density at radius 3 is 2.32 bits per heavy atom. The van der Waals surface area contributed by atoms with Crippen LogP contribution in [0.2, 0.25) is 5.02 Å². The van der Waals surface area contributed by atoms with E-state index in [1.165, 1.54) is 36.7 Å². The highest BCUT2D eigenvalue weighted by atomic mass is 35.5. The van der Waals surface area contributed by atoms with Crippen LogP contribution in [0.15, 0.2) is 48.8 Å². The van der Waals surface area contributed by atoms with E-state index in [9.17, 15) is 27.6 Å². The number of carbonyl (C=O) groups is 3. The quantitative estimate of drug-likeness (QED) is 0.351. The zero-order chi connectivity index (χ0) is 26.6. The minimum Gasteiger partial charge on any atom is -0.349 e. The van der Waals surface area contributed by atoms with Gasteiger partial charge in [-0.15, -0.1) is 0 Å². The van der Waals surface area contributed by atoms with E-state index in [0.717, 1.165) is 12.1 Å². The van der Waals surface area contributed by atoms with Gasteiger partial charge in [-0.05, 0) is 42.5 Å². The van der Waals surface area contributed by atoms with E-state index in [1.807, 2.05) is 0 Å². The molecule has 1 fully saturated rings. The van der Waals surface area contributed by atoms with Gasteiger partial charge in [0.15, 0.2) is 5.69 Å². The third-order valence-corrected chi connectivity index (χ3v) is 5.93. The Labute approximate surface area is 214 Å². The molecule has 1 saturated heterocycles. The van der Waals surface area contributed by atoms with Gasteiger partial charge in [-0.25, -0.2) is 18.2 Å². The van der Waals surface area contributed by atoms with Crippen LogP contribution in [0.4, 0.5) is 24.5 Å². The Morgan fingerprint density at radius 1 is 1.03 bits per heavy atom. The van der Waals surface area contributed by atoms with Gasteiger partial charge < -0.3 is 20.9 Å². The van der Waals surface area contributed by atoms with Crippen LogP contribution in [0.25, 0.3) is 0 Å². The van der Waals surface area contributed by atoms with E-state index in [4.69, 9.17) is 11.6 Å². The fourth-order valence-corrected chi connectivity index (χ4v) is 4.01. The number of nitrogens with zero attached hydrogens (tertiary/aromatic N) is 2. The Hall–Kier alpha value is -3.90. The van der Waals surface area contributed by atoms with Gasteiger partial charge in [-0.2, -0.15) is 0 Å². The standard InChI is InChI=1S/C24H22ClF3N6O3/c25-18-11-14(26)1-6-17(18)21(35)32-15-2-4-16(5-3-15)33-23(37)20-19(30-13-31-20)22(36)29-8-10-34-9-7-24(27,28)12-34/h1-6,11,13H,7-10,12H2,(H,29,36)(H,30,31)(H,32,35)(H,33,37). The molecule has 194 valence electrons. The van der Waals surface area contributed by atoms with E-state index in [0.29, 0.717) is 11.4 Å². The number of likely N-dealkylation sites (tertiary alicyclic amines) is 1. The molecule has 4 N–H and O–H groups in total. The number of nitrogens with one attached hydrogen (secondary N) is 4. The van der Waals surface area contributed by atoms with E-state index < -0.39 is 29.5 Å². The largest absolute Gasteiger partial charge is 0.349 e. The van der Waals surface area contributed by atoms with Crippen molar-refractivity contribution in [1.82, 2.24) is 20.2 Å². The minimum atomic E-state index is -2.71. The van der Waals surface area contributed by atoms with Gasteiger partial charge in [-0.3, -0.25) is 19.3 Å². The zero-order valence-electron chi connectivity index (χ0n) is 19.3. The molecule has 9 nitrogen and oxygen atoms in total. The fourth-order valence-electron chi connectivity index (χ4n) is 3.75. The Kier molecular flexibility index (Phi) is 7.79. The van der Waals surface area contributed by atoms with Crippen LogP contribution < -0.4 is 16.0 Å². The van der Waals surface area contributed by atoms with Crippen molar-refractivity contribution in [1.29, 1.82) is 0 Å². The van der Waals surface area contributed by atoms with Crippen molar-refractivity contribution in [3.05, 3.63) is 76.6 Å². The molecule has 37 heavy (non-hydrogen) atoms. The number of aromatic nitrogens is 2. The van der Waals surface area contributed by atoms with Crippen molar-refractivity contribution in [2.45, 2.75) is 12.3 Å². The van der Waals surface area contributed by atoms with Gasteiger partial charge in [0.2, 0.25) is 0 Å². The molecule has 0 bridgehead atoms. The maximum Gasteiger partial charge on any atom is 0.276 e. The monoisotopic (exact) mass is 534 g/mol. The highest BCUT2D eigenvalue weighted by molar-refractivity contribution is 6.34. The van der Waals surface area contributed by atoms with Crippen LogP contribution in [0, 0.1) is 5.82 Å². The molecular weight excluding hydrogens is 513 g/mol. The van der Waals surface area contributed by atoms with E-state index in [2.05, 4.69) is 25.9 Å². The molecule has 4 rings (SSSR count). The fraction of sp³-hybridized carbons (Fsp3) is 0.250.